The van der Waals surface area contributed by atoms with E-state index in [1.54, 1.807) is 0 Å². The van der Waals surface area contributed by atoms with Crippen LogP contribution in [0.15, 0.2) is 15.0 Å². The third-order valence-corrected chi connectivity index (χ3v) is 4.39. The highest BCUT2D eigenvalue weighted by molar-refractivity contribution is 9.11. The molecule has 0 fully saturated rings. The van der Waals surface area contributed by atoms with E-state index >= 15 is 0 Å². The topological polar surface area (TPSA) is 32.3 Å². The summed E-state index contributed by atoms with van der Waals surface area (Å²) in [5.41, 5.74) is 3.35. The summed E-state index contributed by atoms with van der Waals surface area (Å²) in [5.74, 6) is 0.229. The summed E-state index contributed by atoms with van der Waals surface area (Å²) in [4.78, 5) is 0. The van der Waals surface area contributed by atoms with Gasteiger partial charge in [0.2, 0.25) is 0 Å². The van der Waals surface area contributed by atoms with Gasteiger partial charge in [-0.15, -0.1) is 11.6 Å². The molecule has 2 nitrogen and oxygen atoms in total. The zero-order valence-electron chi connectivity index (χ0n) is 9.15. The van der Waals surface area contributed by atoms with E-state index < -0.39 is 6.10 Å². The maximum absolute atomic E-state index is 9.40. The third kappa shape index (κ3) is 3.36. The minimum atomic E-state index is -0.540. The van der Waals surface area contributed by atoms with Gasteiger partial charge < -0.3 is 10.4 Å². The van der Waals surface area contributed by atoms with Crippen molar-refractivity contribution in [3.63, 3.8) is 0 Å². The second-order valence-corrected chi connectivity index (χ2v) is 5.63. The molecule has 0 aromatic heterocycles. The monoisotopic (exact) mass is 369 g/mol. The van der Waals surface area contributed by atoms with Crippen molar-refractivity contribution in [3.8, 4) is 0 Å². The number of aliphatic hydroxyl groups excluding tert-OH is 1. The normalized spacial score (nSPS) is 12.6. The van der Waals surface area contributed by atoms with E-state index in [1.807, 2.05) is 0 Å². The molecule has 0 amide bonds. The number of halogens is 3. The number of nitrogens with one attached hydrogen (secondary N) is 1. The molecule has 0 heterocycles. The van der Waals surface area contributed by atoms with Gasteiger partial charge in [0.15, 0.2) is 0 Å². The molecule has 0 saturated carbocycles. The van der Waals surface area contributed by atoms with Crippen LogP contribution < -0.4 is 5.32 Å². The van der Waals surface area contributed by atoms with Crippen molar-refractivity contribution in [2.75, 3.05) is 17.7 Å². The zero-order valence-corrected chi connectivity index (χ0v) is 13.1. The predicted octanol–water partition coefficient (Wildman–Crippen LogP) is 3.84. The van der Waals surface area contributed by atoms with Crippen molar-refractivity contribution >= 4 is 49.1 Å². The molecule has 16 heavy (non-hydrogen) atoms. The average Bonchev–Trinajstić information content (AvgIpc) is 2.25. The zero-order chi connectivity index (χ0) is 12.3. The van der Waals surface area contributed by atoms with E-state index in [-0.39, 0.29) is 5.88 Å². The molecule has 0 aliphatic carbocycles. The first-order chi connectivity index (χ1) is 7.47. The molecule has 5 heteroatoms. The number of alkyl halides is 1. The van der Waals surface area contributed by atoms with Crippen LogP contribution in [0.1, 0.15) is 11.1 Å². The Hall–Kier alpha value is 0.230. The van der Waals surface area contributed by atoms with Gasteiger partial charge in [-0.1, -0.05) is 0 Å². The highest BCUT2D eigenvalue weighted by Gasteiger charge is 2.11. The van der Waals surface area contributed by atoms with Crippen LogP contribution in [0.25, 0.3) is 0 Å². The molecule has 0 saturated heterocycles. The predicted molar refractivity (Wildman–Crippen MR) is 76.5 cm³/mol. The van der Waals surface area contributed by atoms with Gasteiger partial charge in [0.1, 0.15) is 0 Å². The van der Waals surface area contributed by atoms with E-state index in [2.05, 4.69) is 57.1 Å². The Labute approximate surface area is 118 Å². The summed E-state index contributed by atoms with van der Waals surface area (Å²) >= 11 is 12.6. The molecular formula is C11H14Br2ClNO. The Kier molecular flexibility index (Phi) is 5.57. The lowest BCUT2D eigenvalue weighted by molar-refractivity contribution is 0.211. The van der Waals surface area contributed by atoms with Gasteiger partial charge in [-0.25, -0.2) is 0 Å². The van der Waals surface area contributed by atoms with Crippen LogP contribution >= 0.6 is 43.5 Å². The number of hydrogen-bond acceptors (Lipinski definition) is 2. The van der Waals surface area contributed by atoms with Gasteiger partial charge in [0.25, 0.3) is 0 Å². The van der Waals surface area contributed by atoms with E-state index in [4.69, 9.17) is 11.6 Å². The summed E-state index contributed by atoms with van der Waals surface area (Å²) in [6.45, 7) is 4.54. The Morgan fingerprint density at radius 2 is 2.06 bits per heavy atom. The highest BCUT2D eigenvalue weighted by atomic mass is 79.9. The minimum Gasteiger partial charge on any atom is -0.390 e. The van der Waals surface area contributed by atoms with Crippen molar-refractivity contribution in [1.82, 2.24) is 0 Å². The van der Waals surface area contributed by atoms with Gasteiger partial charge in [-0.3, -0.25) is 0 Å². The fourth-order valence-corrected chi connectivity index (χ4v) is 3.00. The van der Waals surface area contributed by atoms with Gasteiger partial charge in [-0.2, -0.15) is 0 Å². The molecule has 1 aromatic carbocycles. The van der Waals surface area contributed by atoms with Gasteiger partial charge in [0, 0.05) is 15.5 Å². The maximum atomic E-state index is 9.40. The maximum Gasteiger partial charge on any atom is 0.0847 e. The fraction of sp³-hybridized carbons (Fsp3) is 0.455. The van der Waals surface area contributed by atoms with Crippen LogP contribution in [0.2, 0.25) is 0 Å². The van der Waals surface area contributed by atoms with Gasteiger partial charge in [-0.05, 0) is 62.9 Å². The standard InChI is InChI=1S/C11H14Br2ClNO/c1-6-3-9(12)11(10(13)7(6)2)15-5-8(16)4-14/h3,8,15-16H,4-5H2,1-2H3. The molecule has 1 aromatic rings. The van der Waals surface area contributed by atoms with Crippen LogP contribution in [0.3, 0.4) is 0 Å². The molecule has 0 bridgehead atoms. The fourth-order valence-electron chi connectivity index (χ4n) is 1.27. The van der Waals surface area contributed by atoms with Gasteiger partial charge >= 0.3 is 0 Å². The molecule has 1 unspecified atom stereocenters. The van der Waals surface area contributed by atoms with Crippen molar-refractivity contribution < 1.29 is 5.11 Å². The third-order valence-electron chi connectivity index (χ3n) is 2.41. The Morgan fingerprint density at radius 3 is 2.62 bits per heavy atom. The van der Waals surface area contributed by atoms with E-state index in [1.165, 1.54) is 11.1 Å². The summed E-state index contributed by atoms with van der Waals surface area (Å²) in [6, 6.07) is 2.05. The lowest BCUT2D eigenvalue weighted by atomic mass is 10.1. The van der Waals surface area contributed by atoms with Crippen LogP contribution in [-0.4, -0.2) is 23.6 Å². The molecule has 90 valence electrons. The molecule has 0 aliphatic heterocycles. The SMILES string of the molecule is Cc1cc(Br)c(NCC(O)CCl)c(Br)c1C. The highest BCUT2D eigenvalue weighted by Crippen LogP contribution is 2.35. The number of anilines is 1. The molecule has 0 radical (unpaired) electrons. The average molecular weight is 372 g/mol. The second-order valence-electron chi connectivity index (χ2n) is 3.68. The largest absolute Gasteiger partial charge is 0.390 e. The van der Waals surface area contributed by atoms with Crippen LogP contribution in [0.5, 0.6) is 0 Å². The van der Waals surface area contributed by atoms with Crippen LogP contribution in [0.4, 0.5) is 5.69 Å². The summed E-state index contributed by atoms with van der Waals surface area (Å²) in [7, 11) is 0. The Bertz CT molecular complexity index is 385. The molecule has 2 N–H and O–H groups in total. The molecular weight excluding hydrogens is 357 g/mol. The number of rotatable bonds is 4. The van der Waals surface area contributed by atoms with Crippen molar-refractivity contribution in [2.45, 2.75) is 20.0 Å². The first-order valence-corrected chi connectivity index (χ1v) is 7.02. The summed E-state index contributed by atoms with van der Waals surface area (Å²) < 4.78 is 1.99. The smallest absolute Gasteiger partial charge is 0.0847 e. The molecule has 1 atom stereocenters. The van der Waals surface area contributed by atoms with Crippen LogP contribution in [0, 0.1) is 13.8 Å². The van der Waals surface area contributed by atoms with E-state index in [9.17, 15) is 5.11 Å². The lowest BCUT2D eigenvalue weighted by Gasteiger charge is -2.16. The van der Waals surface area contributed by atoms with Crippen molar-refractivity contribution in [2.24, 2.45) is 0 Å². The van der Waals surface area contributed by atoms with Crippen molar-refractivity contribution in [3.05, 3.63) is 26.1 Å². The van der Waals surface area contributed by atoms with E-state index in [0.29, 0.717) is 6.54 Å². The quantitative estimate of drug-likeness (QED) is 0.788. The first kappa shape index (κ1) is 14.3. The van der Waals surface area contributed by atoms with Crippen molar-refractivity contribution in [1.29, 1.82) is 0 Å². The Balaban J connectivity index is 2.92. The molecule has 0 aliphatic rings. The Morgan fingerprint density at radius 1 is 1.44 bits per heavy atom. The summed E-state index contributed by atoms with van der Waals surface area (Å²) in [6.07, 6.45) is -0.540. The number of aliphatic hydroxyl groups is 1. The van der Waals surface area contributed by atoms with Crippen LogP contribution in [-0.2, 0) is 0 Å². The number of aryl methyl sites for hydroxylation is 1. The summed E-state index contributed by atoms with van der Waals surface area (Å²) in [5, 5.41) is 12.6. The number of benzene rings is 1. The second kappa shape index (κ2) is 6.24. The van der Waals surface area contributed by atoms with E-state index in [0.717, 1.165) is 14.6 Å². The minimum absolute atomic E-state index is 0.229. The first-order valence-electron chi connectivity index (χ1n) is 4.90. The lowest BCUT2D eigenvalue weighted by Crippen LogP contribution is -2.21. The molecule has 0 spiro atoms. The molecule has 1 rings (SSSR count). The number of hydrogen-bond donors (Lipinski definition) is 2. The van der Waals surface area contributed by atoms with Gasteiger partial charge in [0.05, 0.1) is 17.7 Å².